The molecule has 19 heteroatoms. The number of fused-ring (bicyclic) bond motifs is 8. The highest BCUT2D eigenvalue weighted by Gasteiger charge is 2.47. The lowest BCUT2D eigenvalue weighted by Gasteiger charge is -2.36. The average molecular weight is 1090 g/mol. The molecule has 6 atom stereocenters. The first kappa shape index (κ1) is 56.0. The fourth-order valence-corrected chi connectivity index (χ4v) is 12.7. The highest BCUT2D eigenvalue weighted by Crippen LogP contribution is 2.44. The Morgan fingerprint density at radius 1 is 0.937 bits per heavy atom. The number of likely N-dealkylation sites (tertiary alicyclic amines) is 1. The van der Waals surface area contributed by atoms with Crippen LogP contribution in [0.4, 0.5) is 10.5 Å². The maximum atomic E-state index is 15.0. The summed E-state index contributed by atoms with van der Waals surface area (Å²) in [5.74, 6) is -1.86. The number of hydrogen-bond acceptors (Lipinski definition) is 13. The molecule has 1 aliphatic carbocycles. The first-order chi connectivity index (χ1) is 37.6. The molecule has 19 nitrogen and oxygen atoms in total. The number of rotatable bonds is 7. The number of amides is 4. The number of ether oxygens (including phenoxy) is 3. The molecule has 1 saturated carbocycles. The van der Waals surface area contributed by atoms with Crippen molar-refractivity contribution in [3.05, 3.63) is 70.4 Å². The number of piperazine rings is 1. The highest BCUT2D eigenvalue weighted by molar-refractivity contribution is 5.96. The molecule has 2 N–H and O–H groups in total. The molecule has 4 aromatic rings. The third-order valence-electron chi connectivity index (χ3n) is 17.0. The van der Waals surface area contributed by atoms with Gasteiger partial charge < -0.3 is 38.8 Å². The Bertz CT molecular complexity index is 2970. The second kappa shape index (κ2) is 22.3. The Hall–Kier alpha value is -6.31. The predicted molar refractivity (Wildman–Crippen MR) is 301 cm³/mol. The molecule has 426 valence electrons. The van der Waals surface area contributed by atoms with E-state index in [4.69, 9.17) is 24.0 Å². The summed E-state index contributed by atoms with van der Waals surface area (Å²) in [6.45, 7) is 22.7. The van der Waals surface area contributed by atoms with Crippen molar-refractivity contribution in [2.45, 2.75) is 156 Å². The van der Waals surface area contributed by atoms with Crippen LogP contribution in [0.3, 0.4) is 0 Å². The van der Waals surface area contributed by atoms with E-state index in [1.165, 1.54) is 22.8 Å². The summed E-state index contributed by atoms with van der Waals surface area (Å²) < 4.78 is 21.2. The number of anilines is 1. The number of hydrogen-bond donors (Lipinski definition) is 2. The molecular weight excluding hydrogens is 1000 g/mol. The van der Waals surface area contributed by atoms with E-state index in [-0.39, 0.29) is 50.7 Å². The Morgan fingerprint density at radius 3 is 2.39 bits per heavy atom. The zero-order valence-corrected chi connectivity index (χ0v) is 48.3. The molecule has 2 aromatic carbocycles. The van der Waals surface area contributed by atoms with Crippen LogP contribution >= 0.6 is 0 Å². The summed E-state index contributed by atoms with van der Waals surface area (Å²) in [4.78, 5) is 92.9. The first-order valence-corrected chi connectivity index (χ1v) is 28.8. The van der Waals surface area contributed by atoms with E-state index in [1.54, 1.807) is 19.1 Å². The maximum Gasteiger partial charge on any atom is 0.410 e. The molecule has 3 saturated heterocycles. The number of nitrogens with one attached hydrogen (secondary N) is 2. The lowest BCUT2D eigenvalue weighted by atomic mass is 9.84. The Balaban J connectivity index is 1.15. The second-order valence-electron chi connectivity index (χ2n) is 25.0. The number of nitrogens with zero attached hydrogens (tertiary/aromatic N) is 8. The standard InChI is InChI=1S/C60H82N10O9/c1-12-67-49-18-15-39-30-45(49)47(54(67)46-31-42(33-61-52(46)37(4)76-11)66-24-22-65(23-25-66)41-16-17-41)32-60(8,9)35-78-70(75)51-14-13-20-69(63-51)57(73)48-28-38-26-40(39)29-43(27-38)77-34-50-44(19-21-68(50)58(74)79-59(5,6)7)56(72)64(10)53(36(2)3)55(71)62-48/h15,18,26-27,29-31,33,36-37,41,44,48,50-51,53,63H,12-14,16-17,19-25,28,32,34-35H2,1-11H3/p+1/t37-,44-,48-,50+,51+,53-/m0/s1. The number of likely N-dealkylation sites (N-methyl/N-ethyl adjacent to an activating group) is 1. The molecule has 0 unspecified atom stereocenters. The lowest BCUT2D eigenvalue weighted by molar-refractivity contribution is -0.835. The number of methoxy groups -OCH3 is 1. The van der Waals surface area contributed by atoms with Gasteiger partial charge in [-0.05, 0) is 125 Å². The second-order valence-corrected chi connectivity index (χ2v) is 25.0. The molecule has 10 rings (SSSR count). The van der Waals surface area contributed by atoms with Crippen LogP contribution in [-0.2, 0) is 48.1 Å². The largest absolute Gasteiger partial charge is 0.491 e. The van der Waals surface area contributed by atoms with Crippen LogP contribution in [-0.4, -0.2) is 161 Å². The smallest absolute Gasteiger partial charge is 0.410 e. The van der Waals surface area contributed by atoms with Gasteiger partial charge in [-0.1, -0.05) is 39.8 Å². The van der Waals surface area contributed by atoms with Crippen LogP contribution in [0.5, 0.6) is 5.75 Å². The fourth-order valence-electron chi connectivity index (χ4n) is 12.7. The molecule has 6 aliphatic rings. The molecule has 5 aliphatic heterocycles. The summed E-state index contributed by atoms with van der Waals surface area (Å²) in [5, 5.41) is 5.54. The van der Waals surface area contributed by atoms with Gasteiger partial charge in [-0.2, -0.15) is 5.43 Å². The Kier molecular flexibility index (Phi) is 15.8. The molecule has 4 fully saturated rings. The minimum absolute atomic E-state index is 0.0351. The van der Waals surface area contributed by atoms with Crippen molar-refractivity contribution in [1.29, 1.82) is 0 Å². The van der Waals surface area contributed by atoms with Gasteiger partial charge in [0.2, 0.25) is 16.7 Å². The SMILES string of the molecule is CCn1c(-c2cc(N3CCN(C4CC4)CC3)cnc2[C@H](C)OC)c2c3cc(ccc31)-c1cc3cc(c1)OC[C@@H]1[C@H](CCN1C(=O)OC(C)(C)C)C(=O)N(C)[C@@H](C(C)C)C(=O)N[C@@H](C3)C(=O)N1CCC[C@H](N1)[N+](=O)OCC(C)(C)C2. The minimum Gasteiger partial charge on any atom is -0.491 e. The van der Waals surface area contributed by atoms with Gasteiger partial charge in [0.25, 0.3) is 5.91 Å². The van der Waals surface area contributed by atoms with Crippen molar-refractivity contribution in [1.82, 2.24) is 40.0 Å². The molecule has 0 radical (unpaired) electrons. The van der Waals surface area contributed by atoms with Gasteiger partial charge in [0.05, 0.1) is 46.2 Å². The first-order valence-electron chi connectivity index (χ1n) is 28.8. The number of carbonyl (C=O) groups excluding carboxylic acids is 4. The van der Waals surface area contributed by atoms with E-state index >= 15 is 4.79 Å². The number of pyridine rings is 1. The lowest BCUT2D eigenvalue weighted by Crippen LogP contribution is -2.62. The zero-order chi connectivity index (χ0) is 56.2. The van der Waals surface area contributed by atoms with Gasteiger partial charge in [-0.3, -0.25) is 29.3 Å². The van der Waals surface area contributed by atoms with Crippen LogP contribution in [0.15, 0.2) is 48.7 Å². The van der Waals surface area contributed by atoms with E-state index in [0.29, 0.717) is 54.5 Å². The number of benzene rings is 2. The van der Waals surface area contributed by atoms with Crippen LogP contribution in [0.25, 0.3) is 33.3 Å². The third-order valence-corrected chi connectivity index (χ3v) is 17.0. The molecule has 7 heterocycles. The van der Waals surface area contributed by atoms with Gasteiger partial charge in [-0.25, -0.2) is 9.63 Å². The van der Waals surface area contributed by atoms with Crippen LogP contribution in [0.2, 0.25) is 0 Å². The number of hydrazine groups is 1. The molecule has 79 heavy (non-hydrogen) atoms. The van der Waals surface area contributed by atoms with Crippen molar-refractivity contribution in [2.24, 2.45) is 17.3 Å². The van der Waals surface area contributed by atoms with Gasteiger partial charge >= 0.3 is 12.3 Å². The van der Waals surface area contributed by atoms with Crippen LogP contribution in [0, 0.1) is 22.2 Å². The van der Waals surface area contributed by atoms with E-state index in [0.717, 1.165) is 76.4 Å². The number of carbonyl (C=O) groups is 4. The van der Waals surface area contributed by atoms with Gasteiger partial charge in [0.1, 0.15) is 30.0 Å². The maximum absolute atomic E-state index is 15.0. The average Bonchev–Trinajstić information content (AvgIpc) is 4.17. The normalized spacial score (nSPS) is 25.0. The van der Waals surface area contributed by atoms with Crippen molar-refractivity contribution in [3.8, 4) is 28.1 Å². The summed E-state index contributed by atoms with van der Waals surface area (Å²) in [6, 6.07) is 12.6. The fraction of sp³-hybridized carbons (Fsp3) is 0.617. The van der Waals surface area contributed by atoms with Crippen molar-refractivity contribution >= 4 is 40.4 Å². The number of aromatic nitrogens is 2. The van der Waals surface area contributed by atoms with Crippen molar-refractivity contribution < 1.29 is 43.1 Å². The number of aryl methyl sites for hydroxylation is 1. The molecule has 0 spiro atoms. The van der Waals surface area contributed by atoms with Gasteiger partial charge in [-0.15, -0.1) is 0 Å². The highest BCUT2D eigenvalue weighted by atomic mass is 16.8. The molecule has 8 bridgehead atoms. The predicted octanol–water partition coefficient (Wildman–Crippen LogP) is 7.66. The summed E-state index contributed by atoms with van der Waals surface area (Å²) in [5.41, 5.74) is 10.2. The summed E-state index contributed by atoms with van der Waals surface area (Å²) in [7, 11) is 3.33. The zero-order valence-electron chi connectivity index (χ0n) is 48.3. The van der Waals surface area contributed by atoms with E-state index < -0.39 is 59.1 Å². The molecular formula is C60H83N10O9+. The van der Waals surface area contributed by atoms with E-state index in [1.807, 2.05) is 65.9 Å². The summed E-state index contributed by atoms with van der Waals surface area (Å²) in [6.07, 6.45) is 4.62. The van der Waals surface area contributed by atoms with E-state index in [2.05, 4.69) is 70.1 Å². The van der Waals surface area contributed by atoms with Crippen molar-refractivity contribution in [2.75, 3.05) is 71.5 Å². The van der Waals surface area contributed by atoms with Gasteiger partial charge in [0.15, 0.2) is 6.61 Å². The molecule has 4 amide bonds. The quantitative estimate of drug-likeness (QED) is 0.184. The third kappa shape index (κ3) is 11.7. The Morgan fingerprint density at radius 2 is 1.70 bits per heavy atom. The van der Waals surface area contributed by atoms with E-state index in [9.17, 15) is 19.3 Å². The topological polar surface area (TPSA) is 183 Å². The minimum atomic E-state index is -1.12. The van der Waals surface area contributed by atoms with Crippen LogP contribution < -0.4 is 20.4 Å². The van der Waals surface area contributed by atoms with Gasteiger partial charge in [0, 0.05) is 101 Å². The summed E-state index contributed by atoms with van der Waals surface area (Å²) >= 11 is 0. The van der Waals surface area contributed by atoms with Crippen molar-refractivity contribution in [3.63, 3.8) is 0 Å². The Labute approximate surface area is 465 Å². The van der Waals surface area contributed by atoms with Crippen LogP contribution in [0.1, 0.15) is 117 Å². The monoisotopic (exact) mass is 1090 g/mol. The molecule has 2 aromatic heterocycles.